The maximum Gasteiger partial charge on any atom is 0.324 e. The van der Waals surface area contributed by atoms with E-state index in [-0.39, 0.29) is 16.5 Å². The highest BCUT2D eigenvalue weighted by atomic mass is 32.2. The number of nitrogens with one attached hydrogen (secondary N) is 1. The van der Waals surface area contributed by atoms with E-state index in [1.54, 1.807) is 13.8 Å². The van der Waals surface area contributed by atoms with Crippen LogP contribution >= 0.6 is 0 Å². The third-order valence-corrected chi connectivity index (χ3v) is 4.12. The number of anilines is 1. The summed E-state index contributed by atoms with van der Waals surface area (Å²) in [5.74, 6) is -1.72. The van der Waals surface area contributed by atoms with Crippen molar-refractivity contribution in [3.8, 4) is 0 Å². The van der Waals surface area contributed by atoms with Gasteiger partial charge in [-0.25, -0.2) is 12.8 Å². The van der Waals surface area contributed by atoms with Crippen LogP contribution in [0.2, 0.25) is 0 Å². The summed E-state index contributed by atoms with van der Waals surface area (Å²) in [7, 11) is -2.83. The minimum absolute atomic E-state index is 0.217. The van der Waals surface area contributed by atoms with Crippen molar-refractivity contribution in [2.45, 2.75) is 24.8 Å². The quantitative estimate of drug-likeness (QED) is 0.621. The van der Waals surface area contributed by atoms with E-state index in [0.29, 0.717) is 0 Å². The molecule has 0 aliphatic heterocycles. The molecule has 0 saturated heterocycles. The maximum atomic E-state index is 13.0. The molecule has 1 aromatic carbocycles. The van der Waals surface area contributed by atoms with Crippen LogP contribution in [0.1, 0.15) is 13.8 Å². The normalized spacial score (nSPS) is 13.2. The van der Waals surface area contributed by atoms with Crippen molar-refractivity contribution in [2.75, 3.05) is 12.8 Å². The second-order valence-electron chi connectivity index (χ2n) is 4.55. The van der Waals surface area contributed by atoms with Gasteiger partial charge in [0.2, 0.25) is 10.0 Å². The van der Waals surface area contributed by atoms with Crippen LogP contribution < -0.4 is 10.5 Å². The van der Waals surface area contributed by atoms with Gasteiger partial charge in [-0.1, -0.05) is 13.8 Å². The first-order valence-corrected chi connectivity index (χ1v) is 7.32. The predicted molar refractivity (Wildman–Crippen MR) is 71.8 cm³/mol. The molecule has 0 aliphatic carbocycles. The van der Waals surface area contributed by atoms with Gasteiger partial charge < -0.3 is 10.5 Å². The highest BCUT2D eigenvalue weighted by molar-refractivity contribution is 7.89. The second-order valence-corrected chi connectivity index (χ2v) is 6.26. The molecule has 0 aromatic heterocycles. The molecule has 1 aromatic rings. The monoisotopic (exact) mass is 304 g/mol. The van der Waals surface area contributed by atoms with Crippen molar-refractivity contribution in [2.24, 2.45) is 5.92 Å². The Bertz CT molecular complexity index is 601. The van der Waals surface area contributed by atoms with Gasteiger partial charge in [0.1, 0.15) is 11.9 Å². The smallest absolute Gasteiger partial charge is 0.324 e. The molecule has 112 valence electrons. The molecule has 20 heavy (non-hydrogen) atoms. The van der Waals surface area contributed by atoms with Crippen molar-refractivity contribution < 1.29 is 22.3 Å². The molecule has 0 heterocycles. The number of nitrogen functional groups attached to an aromatic ring is 1. The Kier molecular flexibility index (Phi) is 5.07. The average molecular weight is 304 g/mol. The molecule has 0 spiro atoms. The first-order valence-electron chi connectivity index (χ1n) is 5.84. The number of ether oxygens (including phenoxy) is 1. The molecule has 0 bridgehead atoms. The number of rotatable bonds is 5. The molecule has 0 fully saturated rings. The van der Waals surface area contributed by atoms with Crippen molar-refractivity contribution in [3.63, 3.8) is 0 Å². The molecule has 0 saturated carbocycles. The van der Waals surface area contributed by atoms with E-state index in [2.05, 4.69) is 9.46 Å². The van der Waals surface area contributed by atoms with Crippen LogP contribution in [0.4, 0.5) is 10.1 Å². The fraction of sp³-hybridized carbons (Fsp3) is 0.417. The zero-order chi connectivity index (χ0) is 15.5. The van der Waals surface area contributed by atoms with E-state index >= 15 is 0 Å². The van der Waals surface area contributed by atoms with Gasteiger partial charge >= 0.3 is 5.97 Å². The second kappa shape index (κ2) is 6.19. The Labute approximate surface area is 117 Å². The number of halogens is 1. The lowest BCUT2D eigenvalue weighted by molar-refractivity contribution is -0.143. The summed E-state index contributed by atoms with van der Waals surface area (Å²) in [4.78, 5) is 11.3. The van der Waals surface area contributed by atoms with Gasteiger partial charge in [0.05, 0.1) is 17.7 Å². The number of hydrogen-bond donors (Lipinski definition) is 2. The Morgan fingerprint density at radius 2 is 2.00 bits per heavy atom. The van der Waals surface area contributed by atoms with Crippen LogP contribution in [0.25, 0.3) is 0 Å². The van der Waals surface area contributed by atoms with Crippen LogP contribution in [0.15, 0.2) is 23.1 Å². The first kappa shape index (κ1) is 16.4. The Hall–Kier alpha value is -1.67. The Morgan fingerprint density at radius 3 is 2.45 bits per heavy atom. The summed E-state index contributed by atoms with van der Waals surface area (Å²) in [6, 6.07) is 1.98. The molecular formula is C12H17FN2O4S. The molecule has 1 rings (SSSR count). The molecule has 8 heteroatoms. The van der Waals surface area contributed by atoms with Crippen LogP contribution in [-0.4, -0.2) is 27.5 Å². The maximum absolute atomic E-state index is 13.0. The minimum atomic E-state index is -4.00. The summed E-state index contributed by atoms with van der Waals surface area (Å²) in [5.41, 5.74) is 5.05. The molecule has 3 N–H and O–H groups in total. The van der Waals surface area contributed by atoms with Crippen LogP contribution in [0, 0.1) is 11.7 Å². The summed E-state index contributed by atoms with van der Waals surface area (Å²) in [5, 5.41) is 0. The summed E-state index contributed by atoms with van der Waals surface area (Å²) in [6.45, 7) is 3.34. The minimum Gasteiger partial charge on any atom is -0.468 e. The molecule has 0 amide bonds. The van der Waals surface area contributed by atoms with Crippen molar-refractivity contribution in [1.82, 2.24) is 4.72 Å². The fourth-order valence-corrected chi connectivity index (χ4v) is 2.88. The van der Waals surface area contributed by atoms with Gasteiger partial charge in [-0.15, -0.1) is 0 Å². The van der Waals surface area contributed by atoms with Crippen LogP contribution in [-0.2, 0) is 19.6 Å². The van der Waals surface area contributed by atoms with E-state index in [4.69, 9.17) is 5.73 Å². The van der Waals surface area contributed by atoms with Crippen molar-refractivity contribution in [1.29, 1.82) is 0 Å². The highest BCUT2D eigenvalue weighted by Gasteiger charge is 2.29. The van der Waals surface area contributed by atoms with E-state index in [1.165, 1.54) is 7.11 Å². The largest absolute Gasteiger partial charge is 0.468 e. The van der Waals surface area contributed by atoms with E-state index in [9.17, 15) is 17.6 Å². The van der Waals surface area contributed by atoms with Gasteiger partial charge in [-0.05, 0) is 24.1 Å². The van der Waals surface area contributed by atoms with Crippen molar-refractivity contribution >= 4 is 21.7 Å². The number of carbonyl (C=O) groups excluding carboxylic acids is 1. The topological polar surface area (TPSA) is 98.5 Å². The Balaban J connectivity index is 3.09. The van der Waals surface area contributed by atoms with Crippen LogP contribution in [0.5, 0.6) is 0 Å². The lowest BCUT2D eigenvalue weighted by Crippen LogP contribution is -2.44. The van der Waals surface area contributed by atoms with Crippen LogP contribution in [0.3, 0.4) is 0 Å². The Morgan fingerprint density at radius 1 is 1.40 bits per heavy atom. The van der Waals surface area contributed by atoms with Gasteiger partial charge in [0.15, 0.2) is 0 Å². The number of sulfonamides is 1. The fourth-order valence-electron chi connectivity index (χ4n) is 1.51. The third-order valence-electron chi connectivity index (χ3n) is 2.68. The van der Waals surface area contributed by atoms with Gasteiger partial charge in [-0.3, -0.25) is 4.79 Å². The van der Waals surface area contributed by atoms with Gasteiger partial charge in [0.25, 0.3) is 0 Å². The third kappa shape index (κ3) is 3.67. The van der Waals surface area contributed by atoms with Gasteiger partial charge in [-0.2, -0.15) is 4.72 Å². The summed E-state index contributed by atoms with van der Waals surface area (Å²) in [6.07, 6.45) is 0. The van der Waals surface area contributed by atoms with E-state index in [0.717, 1.165) is 18.2 Å². The van der Waals surface area contributed by atoms with Crippen molar-refractivity contribution in [3.05, 3.63) is 24.0 Å². The first-order chi connectivity index (χ1) is 9.19. The number of benzene rings is 1. The molecule has 0 aliphatic rings. The molecule has 0 radical (unpaired) electrons. The standard InChI is InChI=1S/C12H17FN2O4S/c1-7(2)11(12(16)19-3)15-20(17,18)8-4-5-9(13)10(14)6-8/h4-7,11,15H,14H2,1-3H3. The summed E-state index contributed by atoms with van der Waals surface area (Å²) >= 11 is 0. The highest BCUT2D eigenvalue weighted by Crippen LogP contribution is 2.18. The number of hydrogen-bond acceptors (Lipinski definition) is 5. The molecule has 1 unspecified atom stereocenters. The lowest BCUT2D eigenvalue weighted by atomic mass is 10.1. The number of carbonyl (C=O) groups is 1. The summed E-state index contributed by atoms with van der Waals surface area (Å²) < 4.78 is 44.1. The average Bonchev–Trinajstić information content (AvgIpc) is 2.38. The predicted octanol–water partition coefficient (Wildman–Crippen LogP) is 0.884. The number of methoxy groups -OCH3 is 1. The number of nitrogens with two attached hydrogens (primary N) is 1. The molecule has 6 nitrogen and oxygen atoms in total. The van der Waals surface area contributed by atoms with E-state index in [1.807, 2.05) is 0 Å². The van der Waals surface area contributed by atoms with E-state index < -0.39 is 27.9 Å². The number of esters is 1. The SMILES string of the molecule is COC(=O)C(NS(=O)(=O)c1ccc(F)c(N)c1)C(C)C. The zero-order valence-electron chi connectivity index (χ0n) is 11.4. The molecular weight excluding hydrogens is 287 g/mol. The van der Waals surface area contributed by atoms with Gasteiger partial charge in [0, 0.05) is 0 Å². The lowest BCUT2D eigenvalue weighted by Gasteiger charge is -2.19. The zero-order valence-corrected chi connectivity index (χ0v) is 12.2. The molecule has 1 atom stereocenters.